The van der Waals surface area contributed by atoms with Crippen molar-refractivity contribution in [2.24, 2.45) is 0 Å². The normalized spacial score (nSPS) is 14.0. The third-order valence-corrected chi connectivity index (χ3v) is 10.3. The lowest BCUT2D eigenvalue weighted by Crippen LogP contribution is -2.25. The molecule has 0 amide bonds. The molecule has 5 N–H and O–H groups in total. The van der Waals surface area contributed by atoms with E-state index in [-0.39, 0.29) is 11.3 Å². The number of anilines is 6. The minimum absolute atomic E-state index is 0.00771. The van der Waals surface area contributed by atoms with Crippen LogP contribution >= 0.6 is 0 Å². The molecule has 1 aliphatic rings. The molecule has 0 bridgehead atoms. The molecular formula is C43H42N8O. The molecule has 1 unspecified atom stereocenters. The summed E-state index contributed by atoms with van der Waals surface area (Å²) in [6, 6.07) is 28.7. The van der Waals surface area contributed by atoms with E-state index in [4.69, 9.17) is 11.5 Å². The average Bonchev–Trinajstić information content (AvgIpc) is 3.11. The van der Waals surface area contributed by atoms with Gasteiger partial charge in [0.25, 0.3) is 0 Å². The molecule has 0 aromatic heterocycles. The van der Waals surface area contributed by atoms with E-state index < -0.39 is 5.92 Å². The van der Waals surface area contributed by atoms with Crippen molar-refractivity contribution in [2.75, 3.05) is 87.4 Å². The van der Waals surface area contributed by atoms with Crippen molar-refractivity contribution in [1.82, 2.24) is 0 Å². The number of hydrogen-bond acceptors (Lipinski definition) is 9. The van der Waals surface area contributed by atoms with Gasteiger partial charge in [0.15, 0.2) is 0 Å². The zero-order valence-electron chi connectivity index (χ0n) is 30.8. The van der Waals surface area contributed by atoms with Crippen LogP contribution in [0.25, 0.3) is 48.7 Å². The van der Waals surface area contributed by atoms with Crippen LogP contribution in [0.15, 0.2) is 89.7 Å². The Morgan fingerprint density at radius 3 is 1.56 bits per heavy atom. The van der Waals surface area contributed by atoms with Crippen LogP contribution in [-0.2, 0) is 0 Å². The van der Waals surface area contributed by atoms with Gasteiger partial charge in [0.2, 0.25) is 0 Å². The standard InChI is InChI=1S/C43H42N8O/c1-48(2)32-19-30(46)35(28-17-23-13-9-11-15-26(23)41(37(28)32)50(5)6)39-34(25(21-44)22-45)40(43(39)52)36-29-18-24-14-10-12-16-27(24)42(51(7)8)38(29)33(49(3)4)20-31(36)47/h9-20,39,52H,46-47H2,1-8H3. The molecule has 1 aliphatic carbocycles. The molecule has 6 aromatic carbocycles. The second-order valence-electron chi connectivity index (χ2n) is 14.3. The Labute approximate surface area is 304 Å². The Bertz CT molecular complexity index is 2640. The zero-order chi connectivity index (χ0) is 37.3. The van der Waals surface area contributed by atoms with Crippen molar-refractivity contribution >= 4 is 82.8 Å². The van der Waals surface area contributed by atoms with E-state index in [2.05, 4.69) is 58.3 Å². The second kappa shape index (κ2) is 12.3. The molecule has 0 spiro atoms. The van der Waals surface area contributed by atoms with E-state index in [1.807, 2.05) is 103 Å². The summed E-state index contributed by atoms with van der Waals surface area (Å²) in [5, 5.41) is 41.1. The van der Waals surface area contributed by atoms with E-state index in [1.54, 1.807) is 0 Å². The van der Waals surface area contributed by atoms with Gasteiger partial charge >= 0.3 is 0 Å². The Morgan fingerprint density at radius 2 is 1.08 bits per heavy atom. The quantitative estimate of drug-likeness (QED) is 0.0902. The third kappa shape index (κ3) is 4.81. The number of benzene rings is 6. The minimum atomic E-state index is -0.851. The van der Waals surface area contributed by atoms with Gasteiger partial charge in [0.1, 0.15) is 23.5 Å². The van der Waals surface area contributed by atoms with Crippen molar-refractivity contribution in [3.05, 3.63) is 101 Å². The van der Waals surface area contributed by atoms with Gasteiger partial charge in [-0.3, -0.25) is 0 Å². The predicted octanol–water partition coefficient (Wildman–Crippen LogP) is 8.14. The molecule has 9 heteroatoms. The van der Waals surface area contributed by atoms with Crippen LogP contribution in [0.4, 0.5) is 34.1 Å². The number of aliphatic hydroxyl groups is 1. The van der Waals surface area contributed by atoms with Crippen LogP contribution in [0.1, 0.15) is 17.0 Å². The Hall–Kier alpha value is -6.58. The van der Waals surface area contributed by atoms with Crippen molar-refractivity contribution in [3.63, 3.8) is 0 Å². The summed E-state index contributed by atoms with van der Waals surface area (Å²) in [6.07, 6.45) is 0. The Morgan fingerprint density at radius 1 is 0.615 bits per heavy atom. The SMILES string of the molecule is CN(C)c1cc(N)c(C2=C(O)C(c3c(N)cc(N(C)C)c4c(N(C)C)c5ccccc5cc34)C2=C(C#N)C#N)c2cc3ccccc3c(N(C)C)c12. The highest BCUT2D eigenvalue weighted by atomic mass is 16.3. The maximum atomic E-state index is 12.5. The van der Waals surface area contributed by atoms with Crippen molar-refractivity contribution in [3.8, 4) is 12.1 Å². The van der Waals surface area contributed by atoms with Crippen molar-refractivity contribution in [2.45, 2.75) is 5.92 Å². The summed E-state index contributed by atoms with van der Waals surface area (Å²) < 4.78 is 0. The van der Waals surface area contributed by atoms with Crippen molar-refractivity contribution in [1.29, 1.82) is 10.5 Å². The number of hydrogen-bond donors (Lipinski definition) is 3. The molecule has 0 heterocycles. The highest BCUT2D eigenvalue weighted by Gasteiger charge is 2.44. The Balaban J connectivity index is 1.65. The smallest absolute Gasteiger partial charge is 0.134 e. The van der Waals surface area contributed by atoms with Gasteiger partial charge in [-0.1, -0.05) is 48.5 Å². The molecule has 52 heavy (non-hydrogen) atoms. The number of nitrogen functional groups attached to an aromatic ring is 2. The fraction of sp³-hybridized carbons (Fsp3) is 0.209. The summed E-state index contributed by atoms with van der Waals surface area (Å²) >= 11 is 0. The predicted molar refractivity (Wildman–Crippen MR) is 220 cm³/mol. The van der Waals surface area contributed by atoms with Crippen LogP contribution in [0, 0.1) is 22.7 Å². The summed E-state index contributed by atoms with van der Waals surface area (Å²) in [7, 11) is 16.0. The number of allylic oxidation sites excluding steroid dienone is 3. The monoisotopic (exact) mass is 686 g/mol. The molecule has 6 aromatic rings. The van der Waals surface area contributed by atoms with Crippen LogP contribution in [-0.4, -0.2) is 61.5 Å². The van der Waals surface area contributed by atoms with Gasteiger partial charge in [-0.25, -0.2) is 0 Å². The lowest BCUT2D eigenvalue weighted by atomic mass is 9.67. The first-order valence-electron chi connectivity index (χ1n) is 17.1. The minimum Gasteiger partial charge on any atom is -0.511 e. The first kappa shape index (κ1) is 33.9. The maximum absolute atomic E-state index is 12.5. The highest BCUT2D eigenvalue weighted by Crippen LogP contribution is 2.59. The first-order chi connectivity index (χ1) is 24.8. The number of nitrogens with two attached hydrogens (primary N) is 2. The van der Waals surface area contributed by atoms with Crippen LogP contribution in [0.2, 0.25) is 0 Å². The number of nitrogens with zero attached hydrogens (tertiary/aromatic N) is 6. The third-order valence-electron chi connectivity index (χ3n) is 10.3. The van der Waals surface area contributed by atoms with E-state index in [0.717, 1.165) is 65.8 Å². The van der Waals surface area contributed by atoms with Gasteiger partial charge in [0, 0.05) is 117 Å². The molecule has 7 rings (SSSR count). The number of nitriles is 2. The molecule has 0 saturated carbocycles. The lowest BCUT2D eigenvalue weighted by molar-refractivity contribution is 0.371. The van der Waals surface area contributed by atoms with Gasteiger partial charge in [-0.05, 0) is 51.4 Å². The highest BCUT2D eigenvalue weighted by molar-refractivity contribution is 6.23. The second-order valence-corrected chi connectivity index (χ2v) is 14.3. The fourth-order valence-corrected chi connectivity index (χ4v) is 8.16. The van der Waals surface area contributed by atoms with Crippen molar-refractivity contribution < 1.29 is 5.11 Å². The summed E-state index contributed by atoms with van der Waals surface area (Å²) in [5.74, 6) is -0.843. The molecule has 0 saturated heterocycles. The molecule has 260 valence electrons. The largest absolute Gasteiger partial charge is 0.511 e. The van der Waals surface area contributed by atoms with Gasteiger partial charge in [-0.2, -0.15) is 10.5 Å². The van der Waals surface area contributed by atoms with Crippen LogP contribution in [0.3, 0.4) is 0 Å². The van der Waals surface area contributed by atoms with E-state index in [9.17, 15) is 15.6 Å². The number of rotatable bonds is 6. The summed E-state index contributed by atoms with van der Waals surface area (Å²) in [6.45, 7) is 0. The number of fused-ring (bicyclic) bond motifs is 4. The van der Waals surface area contributed by atoms with Gasteiger partial charge in [-0.15, -0.1) is 0 Å². The Kier molecular flexibility index (Phi) is 8.04. The summed E-state index contributed by atoms with van der Waals surface area (Å²) in [5.41, 5.74) is 20.6. The molecule has 0 fully saturated rings. The maximum Gasteiger partial charge on any atom is 0.134 e. The molecule has 0 aliphatic heterocycles. The van der Waals surface area contributed by atoms with Gasteiger partial charge < -0.3 is 36.2 Å². The van der Waals surface area contributed by atoms with E-state index in [1.165, 1.54) is 0 Å². The van der Waals surface area contributed by atoms with E-state index >= 15 is 0 Å². The van der Waals surface area contributed by atoms with E-state index in [0.29, 0.717) is 33.6 Å². The summed E-state index contributed by atoms with van der Waals surface area (Å²) in [4.78, 5) is 8.25. The molecule has 1 atom stereocenters. The van der Waals surface area contributed by atoms with Crippen LogP contribution < -0.4 is 31.1 Å². The zero-order valence-corrected chi connectivity index (χ0v) is 30.8. The molecule has 0 radical (unpaired) electrons. The lowest BCUT2D eigenvalue weighted by Gasteiger charge is -2.37. The average molecular weight is 687 g/mol. The van der Waals surface area contributed by atoms with Crippen LogP contribution in [0.5, 0.6) is 0 Å². The number of aliphatic hydroxyl groups excluding tert-OH is 1. The van der Waals surface area contributed by atoms with Gasteiger partial charge in [0.05, 0.1) is 17.3 Å². The fourth-order valence-electron chi connectivity index (χ4n) is 8.16. The first-order valence-corrected chi connectivity index (χ1v) is 17.1. The molecular weight excluding hydrogens is 645 g/mol. The topological polar surface area (TPSA) is 133 Å². The molecule has 9 nitrogen and oxygen atoms in total.